The number of carbonyl (C=O) groups is 3. The molecule has 0 unspecified atom stereocenters. The fourth-order valence-electron chi connectivity index (χ4n) is 2.75. The van der Waals surface area contributed by atoms with Crippen LogP contribution < -0.4 is 15.0 Å². The van der Waals surface area contributed by atoms with E-state index < -0.39 is 39.8 Å². The molecule has 0 aromatic heterocycles. The molecule has 0 radical (unpaired) electrons. The number of ether oxygens (including phenoxy) is 1. The highest BCUT2D eigenvalue weighted by molar-refractivity contribution is 9.10. The molecule has 1 saturated heterocycles. The van der Waals surface area contributed by atoms with E-state index >= 15 is 0 Å². The predicted octanol–water partition coefficient (Wildman–Crippen LogP) is 3.13. The van der Waals surface area contributed by atoms with E-state index in [2.05, 4.69) is 21.2 Å². The Kier molecular flexibility index (Phi) is 5.83. The van der Waals surface area contributed by atoms with Crippen LogP contribution in [0.1, 0.15) is 12.5 Å². The molecular formula is C19H14BrN3O7. The zero-order valence-electron chi connectivity index (χ0n) is 15.4. The van der Waals surface area contributed by atoms with Crippen molar-refractivity contribution in [2.24, 2.45) is 0 Å². The number of barbiturate groups is 1. The molecule has 2 N–H and O–H groups in total. The number of hydrogen-bond acceptors (Lipinski definition) is 7. The first-order valence-corrected chi connectivity index (χ1v) is 9.33. The Hall–Kier alpha value is -3.73. The minimum absolute atomic E-state index is 0.0616. The van der Waals surface area contributed by atoms with E-state index in [1.807, 2.05) is 0 Å². The summed E-state index contributed by atoms with van der Waals surface area (Å²) in [6.45, 7) is 1.74. The number of phenolic OH excluding ortho intramolecular Hbond substituents is 1. The maximum atomic E-state index is 12.9. The Morgan fingerprint density at radius 1 is 1.23 bits per heavy atom. The van der Waals surface area contributed by atoms with Gasteiger partial charge in [-0.2, -0.15) is 0 Å². The highest BCUT2D eigenvalue weighted by atomic mass is 79.9. The van der Waals surface area contributed by atoms with Gasteiger partial charge in [0.05, 0.1) is 17.2 Å². The van der Waals surface area contributed by atoms with Gasteiger partial charge in [-0.3, -0.25) is 25.0 Å². The first-order chi connectivity index (χ1) is 14.2. The van der Waals surface area contributed by atoms with Gasteiger partial charge in [0.2, 0.25) is 5.75 Å². The molecule has 3 rings (SSSR count). The van der Waals surface area contributed by atoms with E-state index in [1.165, 1.54) is 18.2 Å². The Bertz CT molecular complexity index is 1100. The summed E-state index contributed by atoms with van der Waals surface area (Å²) >= 11 is 3.25. The van der Waals surface area contributed by atoms with Crippen LogP contribution in [0.25, 0.3) is 6.08 Å². The molecule has 1 heterocycles. The van der Waals surface area contributed by atoms with E-state index in [0.29, 0.717) is 0 Å². The summed E-state index contributed by atoms with van der Waals surface area (Å²) in [6.07, 6.45) is 1.09. The molecule has 1 aliphatic rings. The third-order valence-corrected chi connectivity index (χ3v) is 4.60. The van der Waals surface area contributed by atoms with Crippen LogP contribution in [0.15, 0.2) is 46.4 Å². The van der Waals surface area contributed by atoms with Crippen LogP contribution in [0.2, 0.25) is 0 Å². The third kappa shape index (κ3) is 4.01. The van der Waals surface area contributed by atoms with Crippen molar-refractivity contribution in [3.05, 3.63) is 62.1 Å². The lowest BCUT2D eigenvalue weighted by molar-refractivity contribution is -0.386. The third-order valence-electron chi connectivity index (χ3n) is 4.07. The zero-order valence-corrected chi connectivity index (χ0v) is 17.0. The predicted molar refractivity (Wildman–Crippen MR) is 109 cm³/mol. The van der Waals surface area contributed by atoms with Crippen molar-refractivity contribution in [3.8, 4) is 11.5 Å². The Labute approximate surface area is 178 Å². The molecule has 30 heavy (non-hydrogen) atoms. The molecule has 2 aromatic rings. The van der Waals surface area contributed by atoms with Gasteiger partial charge in [-0.1, -0.05) is 15.9 Å². The zero-order chi connectivity index (χ0) is 22.0. The van der Waals surface area contributed by atoms with Gasteiger partial charge in [-0.15, -0.1) is 0 Å². The van der Waals surface area contributed by atoms with Gasteiger partial charge in [-0.05, 0) is 48.9 Å². The number of rotatable bonds is 5. The van der Waals surface area contributed by atoms with Crippen molar-refractivity contribution in [2.75, 3.05) is 11.5 Å². The van der Waals surface area contributed by atoms with Gasteiger partial charge in [0.25, 0.3) is 11.8 Å². The number of halogens is 1. The van der Waals surface area contributed by atoms with E-state index in [9.17, 15) is 29.6 Å². The number of nitro groups is 1. The summed E-state index contributed by atoms with van der Waals surface area (Å²) in [6, 6.07) is 7.57. The van der Waals surface area contributed by atoms with Crippen molar-refractivity contribution in [1.29, 1.82) is 0 Å². The minimum atomic E-state index is -0.952. The average molecular weight is 476 g/mol. The first-order valence-electron chi connectivity index (χ1n) is 8.54. The highest BCUT2D eigenvalue weighted by Crippen LogP contribution is 2.38. The monoisotopic (exact) mass is 475 g/mol. The van der Waals surface area contributed by atoms with Gasteiger partial charge in [0, 0.05) is 10.5 Å². The molecular weight excluding hydrogens is 462 g/mol. The molecule has 4 amide bonds. The molecule has 1 fully saturated rings. The second-order valence-corrected chi connectivity index (χ2v) is 6.93. The second-order valence-electron chi connectivity index (χ2n) is 6.01. The van der Waals surface area contributed by atoms with Crippen LogP contribution in [-0.2, 0) is 9.59 Å². The van der Waals surface area contributed by atoms with Gasteiger partial charge in [0.15, 0.2) is 5.75 Å². The van der Waals surface area contributed by atoms with Crippen molar-refractivity contribution < 1.29 is 29.2 Å². The van der Waals surface area contributed by atoms with Crippen LogP contribution in [0.5, 0.6) is 11.5 Å². The number of nitro benzene ring substituents is 1. The smallest absolute Gasteiger partial charge is 0.335 e. The molecule has 0 spiro atoms. The lowest BCUT2D eigenvalue weighted by Crippen LogP contribution is -2.54. The summed E-state index contributed by atoms with van der Waals surface area (Å²) in [5.41, 5.74) is -0.783. The van der Waals surface area contributed by atoms with Crippen LogP contribution >= 0.6 is 15.9 Å². The van der Waals surface area contributed by atoms with Crippen LogP contribution in [-0.4, -0.2) is 34.5 Å². The molecule has 0 bridgehead atoms. The molecule has 0 saturated carbocycles. The van der Waals surface area contributed by atoms with Crippen LogP contribution in [0.3, 0.4) is 0 Å². The summed E-state index contributed by atoms with van der Waals surface area (Å²) in [4.78, 5) is 48.6. The lowest BCUT2D eigenvalue weighted by Gasteiger charge is -2.26. The first kappa shape index (κ1) is 21.0. The number of amides is 4. The number of carbonyl (C=O) groups excluding carboxylic acids is 3. The highest BCUT2D eigenvalue weighted by Gasteiger charge is 2.37. The number of imide groups is 2. The largest absolute Gasteiger partial charge is 0.500 e. The van der Waals surface area contributed by atoms with E-state index in [0.717, 1.165) is 21.5 Å². The normalized spacial score (nSPS) is 15.3. The summed E-state index contributed by atoms with van der Waals surface area (Å²) in [7, 11) is 0. The van der Waals surface area contributed by atoms with E-state index in [4.69, 9.17) is 4.74 Å². The van der Waals surface area contributed by atoms with E-state index in [1.54, 1.807) is 19.1 Å². The van der Waals surface area contributed by atoms with Crippen molar-refractivity contribution in [3.63, 3.8) is 0 Å². The summed E-state index contributed by atoms with van der Waals surface area (Å²) in [5.74, 6) is -2.70. The van der Waals surface area contributed by atoms with Crippen molar-refractivity contribution >= 4 is 51.2 Å². The maximum Gasteiger partial charge on any atom is 0.335 e. The number of anilines is 1. The van der Waals surface area contributed by atoms with E-state index in [-0.39, 0.29) is 23.6 Å². The summed E-state index contributed by atoms with van der Waals surface area (Å²) in [5, 5.41) is 23.3. The number of phenols is 1. The number of nitrogens with one attached hydrogen (secondary N) is 1. The molecule has 1 aliphatic heterocycles. The minimum Gasteiger partial charge on any atom is -0.500 e. The lowest BCUT2D eigenvalue weighted by atomic mass is 10.1. The number of aromatic hydroxyl groups is 1. The molecule has 154 valence electrons. The SMILES string of the molecule is CCOc1cc(/C=C2\C(=O)NC(=O)N(c3ccc(Br)cc3)C2=O)cc([N+](=O)[O-])c1O. The topological polar surface area (TPSA) is 139 Å². The molecule has 11 heteroatoms. The molecule has 0 atom stereocenters. The van der Waals surface area contributed by atoms with Crippen LogP contribution in [0.4, 0.5) is 16.2 Å². The molecule has 10 nitrogen and oxygen atoms in total. The average Bonchev–Trinajstić information content (AvgIpc) is 2.68. The number of hydrogen-bond donors (Lipinski definition) is 2. The molecule has 0 aliphatic carbocycles. The quantitative estimate of drug-likeness (QED) is 0.293. The fraction of sp³-hybridized carbons (Fsp3) is 0.105. The van der Waals surface area contributed by atoms with Gasteiger partial charge in [-0.25, -0.2) is 9.69 Å². The standard InChI is InChI=1S/C19H14BrN3O7/c1-2-30-15-9-10(8-14(16(15)24)23(28)29)7-13-17(25)21-19(27)22(18(13)26)12-5-3-11(20)4-6-12/h3-9,24H,2H2,1H3,(H,21,25,27)/b13-7+. The Balaban J connectivity index is 2.08. The fourth-order valence-corrected chi connectivity index (χ4v) is 3.02. The molecule has 2 aromatic carbocycles. The maximum absolute atomic E-state index is 12.9. The Morgan fingerprint density at radius 2 is 1.90 bits per heavy atom. The number of benzene rings is 2. The second kappa shape index (κ2) is 8.33. The van der Waals surface area contributed by atoms with Gasteiger partial charge >= 0.3 is 11.7 Å². The number of nitrogens with zero attached hydrogens (tertiary/aromatic N) is 2. The summed E-state index contributed by atoms with van der Waals surface area (Å²) < 4.78 is 5.92. The van der Waals surface area contributed by atoms with Crippen molar-refractivity contribution in [1.82, 2.24) is 5.32 Å². The number of urea groups is 1. The van der Waals surface area contributed by atoms with Crippen molar-refractivity contribution in [2.45, 2.75) is 6.92 Å². The van der Waals surface area contributed by atoms with Gasteiger partial charge < -0.3 is 9.84 Å². The Morgan fingerprint density at radius 3 is 2.50 bits per heavy atom. The van der Waals surface area contributed by atoms with Gasteiger partial charge in [0.1, 0.15) is 5.57 Å². The van der Waals surface area contributed by atoms with Crippen LogP contribution in [0, 0.1) is 10.1 Å².